The summed E-state index contributed by atoms with van der Waals surface area (Å²) in [5.74, 6) is 0. The summed E-state index contributed by atoms with van der Waals surface area (Å²) in [6.45, 7) is 5.52. The van der Waals surface area contributed by atoms with Gasteiger partial charge in [-0.3, -0.25) is 4.90 Å². The van der Waals surface area contributed by atoms with Crippen molar-refractivity contribution in [1.29, 1.82) is 0 Å². The van der Waals surface area contributed by atoms with Gasteiger partial charge in [0.25, 0.3) is 0 Å². The van der Waals surface area contributed by atoms with E-state index < -0.39 is 0 Å². The lowest BCUT2D eigenvalue weighted by molar-refractivity contribution is 0.0557. The van der Waals surface area contributed by atoms with Crippen molar-refractivity contribution in [3.63, 3.8) is 0 Å². The van der Waals surface area contributed by atoms with Crippen LogP contribution in [0.1, 0.15) is 57.4 Å². The summed E-state index contributed by atoms with van der Waals surface area (Å²) < 4.78 is 0. The highest BCUT2D eigenvalue weighted by Crippen LogP contribution is 2.33. The fourth-order valence-electron chi connectivity index (χ4n) is 3.83. The molecule has 1 aromatic rings. The Balaban J connectivity index is 1.91. The van der Waals surface area contributed by atoms with E-state index in [0.29, 0.717) is 5.54 Å². The molecule has 0 atom stereocenters. The van der Waals surface area contributed by atoms with E-state index in [-0.39, 0.29) is 0 Å². The van der Waals surface area contributed by atoms with Crippen molar-refractivity contribution in [2.75, 3.05) is 19.6 Å². The third-order valence-corrected chi connectivity index (χ3v) is 5.06. The molecule has 0 unspecified atom stereocenters. The topological polar surface area (TPSA) is 29.3 Å². The number of aryl methyl sites for hydroxylation is 1. The van der Waals surface area contributed by atoms with Gasteiger partial charge in [-0.25, -0.2) is 0 Å². The second kappa shape index (κ2) is 8.55. The highest BCUT2D eigenvalue weighted by molar-refractivity contribution is 5.14. The fourth-order valence-corrected chi connectivity index (χ4v) is 3.83. The van der Waals surface area contributed by atoms with Crippen molar-refractivity contribution in [3.05, 3.63) is 35.9 Å². The highest BCUT2D eigenvalue weighted by atomic mass is 15.2. The smallest absolute Gasteiger partial charge is 0.0331 e. The van der Waals surface area contributed by atoms with Gasteiger partial charge in [-0.1, -0.05) is 56.5 Å². The van der Waals surface area contributed by atoms with E-state index in [4.69, 9.17) is 5.73 Å². The zero-order chi connectivity index (χ0) is 15.0. The second-order valence-corrected chi connectivity index (χ2v) is 6.57. The molecule has 0 spiro atoms. The molecule has 0 radical (unpaired) electrons. The minimum absolute atomic E-state index is 0.297. The maximum Gasteiger partial charge on any atom is 0.0331 e. The summed E-state index contributed by atoms with van der Waals surface area (Å²) in [6.07, 6.45) is 10.4. The molecule has 0 aromatic heterocycles. The van der Waals surface area contributed by atoms with Crippen LogP contribution < -0.4 is 5.73 Å². The predicted molar refractivity (Wildman–Crippen MR) is 91.5 cm³/mol. The fraction of sp³-hybridized carbons (Fsp3) is 0.684. The van der Waals surface area contributed by atoms with E-state index in [1.54, 1.807) is 0 Å². The van der Waals surface area contributed by atoms with E-state index in [2.05, 4.69) is 42.2 Å². The van der Waals surface area contributed by atoms with Crippen molar-refractivity contribution < 1.29 is 0 Å². The Bertz CT molecular complexity index is 382. The summed E-state index contributed by atoms with van der Waals surface area (Å²) in [5, 5.41) is 0. The van der Waals surface area contributed by atoms with E-state index in [0.717, 1.165) is 6.54 Å². The molecule has 1 saturated carbocycles. The number of rotatable bonds is 8. The van der Waals surface area contributed by atoms with Crippen molar-refractivity contribution in [3.8, 4) is 0 Å². The third kappa shape index (κ3) is 4.55. The molecular formula is C19H32N2. The Morgan fingerprint density at radius 1 is 1.05 bits per heavy atom. The van der Waals surface area contributed by atoms with Crippen LogP contribution in [0.4, 0.5) is 0 Å². The average molecular weight is 288 g/mol. The highest BCUT2D eigenvalue weighted by Gasteiger charge is 2.35. The first-order chi connectivity index (χ1) is 10.3. The summed E-state index contributed by atoms with van der Waals surface area (Å²) in [6, 6.07) is 10.9. The molecule has 1 fully saturated rings. The Labute approximate surface area is 130 Å². The van der Waals surface area contributed by atoms with E-state index in [9.17, 15) is 0 Å². The van der Waals surface area contributed by atoms with Crippen molar-refractivity contribution in [2.45, 2.75) is 63.8 Å². The summed E-state index contributed by atoms with van der Waals surface area (Å²) in [7, 11) is 0. The first kappa shape index (κ1) is 16.5. The maximum absolute atomic E-state index is 6.21. The lowest BCUT2D eigenvalue weighted by atomic mass is 9.80. The zero-order valence-electron chi connectivity index (χ0n) is 13.7. The minimum atomic E-state index is 0.297. The molecule has 1 aliphatic carbocycles. The molecular weight excluding hydrogens is 256 g/mol. The molecule has 21 heavy (non-hydrogen) atoms. The molecule has 0 bridgehead atoms. The lowest BCUT2D eigenvalue weighted by Gasteiger charge is -2.46. The second-order valence-electron chi connectivity index (χ2n) is 6.57. The van der Waals surface area contributed by atoms with Crippen LogP contribution in [0.5, 0.6) is 0 Å². The summed E-state index contributed by atoms with van der Waals surface area (Å²) >= 11 is 0. The molecule has 0 heterocycles. The number of nitrogens with two attached hydrogens (primary N) is 1. The summed E-state index contributed by atoms with van der Waals surface area (Å²) in [5.41, 5.74) is 7.96. The van der Waals surface area contributed by atoms with Gasteiger partial charge >= 0.3 is 0 Å². The van der Waals surface area contributed by atoms with Crippen LogP contribution in [0.3, 0.4) is 0 Å². The van der Waals surface area contributed by atoms with Gasteiger partial charge in [0.15, 0.2) is 0 Å². The van der Waals surface area contributed by atoms with E-state index >= 15 is 0 Å². The van der Waals surface area contributed by atoms with Gasteiger partial charge in [-0.15, -0.1) is 0 Å². The van der Waals surface area contributed by atoms with Crippen molar-refractivity contribution >= 4 is 0 Å². The SMILES string of the molecule is CCCN(CCCc1ccccc1)C1(CN)CCCCC1. The van der Waals surface area contributed by atoms with E-state index in [1.165, 1.54) is 70.0 Å². The molecule has 2 nitrogen and oxygen atoms in total. The maximum atomic E-state index is 6.21. The summed E-state index contributed by atoms with van der Waals surface area (Å²) in [4.78, 5) is 2.72. The molecule has 1 aliphatic rings. The van der Waals surface area contributed by atoms with E-state index in [1.807, 2.05) is 0 Å². The number of hydrogen-bond donors (Lipinski definition) is 1. The van der Waals surface area contributed by atoms with Gasteiger partial charge < -0.3 is 5.73 Å². The quantitative estimate of drug-likeness (QED) is 0.783. The Morgan fingerprint density at radius 2 is 1.76 bits per heavy atom. The molecule has 118 valence electrons. The lowest BCUT2D eigenvalue weighted by Crippen LogP contribution is -2.55. The van der Waals surface area contributed by atoms with Crippen molar-refractivity contribution in [1.82, 2.24) is 4.90 Å². The molecule has 2 N–H and O–H groups in total. The number of hydrogen-bond acceptors (Lipinski definition) is 2. The van der Waals surface area contributed by atoms with Crippen LogP contribution >= 0.6 is 0 Å². The number of benzene rings is 1. The van der Waals surface area contributed by atoms with Gasteiger partial charge in [-0.2, -0.15) is 0 Å². The zero-order valence-corrected chi connectivity index (χ0v) is 13.7. The average Bonchev–Trinajstić information content (AvgIpc) is 2.56. The minimum Gasteiger partial charge on any atom is -0.329 e. The standard InChI is InChI=1S/C19H32N2/c1-2-15-21(19(17-20)13-7-4-8-14-19)16-9-12-18-10-5-3-6-11-18/h3,5-6,10-11H,2,4,7-9,12-17,20H2,1H3. The first-order valence-electron chi connectivity index (χ1n) is 8.80. The Morgan fingerprint density at radius 3 is 2.38 bits per heavy atom. The monoisotopic (exact) mass is 288 g/mol. The van der Waals surface area contributed by atoms with Crippen LogP contribution in [-0.2, 0) is 6.42 Å². The molecule has 0 saturated heterocycles. The molecule has 2 heteroatoms. The first-order valence-corrected chi connectivity index (χ1v) is 8.80. The van der Waals surface area contributed by atoms with Gasteiger partial charge in [0.05, 0.1) is 0 Å². The molecule has 1 aromatic carbocycles. The molecule has 0 aliphatic heterocycles. The normalized spacial score (nSPS) is 18.0. The van der Waals surface area contributed by atoms with Gasteiger partial charge in [0, 0.05) is 12.1 Å². The van der Waals surface area contributed by atoms with Crippen LogP contribution in [0, 0.1) is 0 Å². The predicted octanol–water partition coefficient (Wildman–Crippen LogP) is 3.99. The molecule has 0 amide bonds. The third-order valence-electron chi connectivity index (χ3n) is 5.06. The van der Waals surface area contributed by atoms with Crippen LogP contribution in [0.2, 0.25) is 0 Å². The van der Waals surface area contributed by atoms with Gasteiger partial charge in [-0.05, 0) is 50.8 Å². The number of nitrogens with zero attached hydrogens (tertiary/aromatic N) is 1. The molecule has 2 rings (SSSR count). The van der Waals surface area contributed by atoms with Gasteiger partial charge in [0.1, 0.15) is 0 Å². The Hall–Kier alpha value is -0.860. The van der Waals surface area contributed by atoms with Crippen LogP contribution in [-0.4, -0.2) is 30.1 Å². The van der Waals surface area contributed by atoms with Crippen molar-refractivity contribution in [2.24, 2.45) is 5.73 Å². The van der Waals surface area contributed by atoms with Crippen LogP contribution in [0.25, 0.3) is 0 Å². The Kier molecular flexibility index (Phi) is 6.72. The largest absolute Gasteiger partial charge is 0.329 e. The van der Waals surface area contributed by atoms with Crippen LogP contribution in [0.15, 0.2) is 30.3 Å². The van der Waals surface area contributed by atoms with Gasteiger partial charge in [0.2, 0.25) is 0 Å².